The third kappa shape index (κ3) is 4.21. The van der Waals surface area contributed by atoms with Gasteiger partial charge >= 0.3 is 6.18 Å². The number of fused-ring (bicyclic) bond motifs is 5. The number of carbonyl (C=O) groups excluding carboxylic acids is 2. The molecule has 0 radical (unpaired) electrons. The van der Waals surface area contributed by atoms with E-state index in [4.69, 9.17) is 9.15 Å². The predicted octanol–water partition coefficient (Wildman–Crippen LogP) is 3.63. The van der Waals surface area contributed by atoms with Crippen molar-refractivity contribution in [2.45, 2.75) is 6.18 Å². The third-order valence-electron chi connectivity index (χ3n) is 8.42. The number of alkyl halides is 3. The van der Waals surface area contributed by atoms with Crippen molar-refractivity contribution in [1.82, 2.24) is 20.3 Å². The molecule has 4 atom stereocenters. The Kier molecular flexibility index (Phi) is 5.66. The first-order valence-corrected chi connectivity index (χ1v) is 13.0. The Bertz CT molecular complexity index is 1460. The smallest absolute Gasteiger partial charge is 0.422 e. The summed E-state index contributed by atoms with van der Waals surface area (Å²) in [5.74, 6) is 1.03. The molecule has 3 N–H and O–H groups in total. The highest BCUT2D eigenvalue weighted by molar-refractivity contribution is 5.97. The van der Waals surface area contributed by atoms with Crippen LogP contribution in [-0.4, -0.2) is 65.6 Å². The number of rotatable bonds is 5. The number of hydrogen-bond acceptors (Lipinski definition) is 8. The van der Waals surface area contributed by atoms with Crippen LogP contribution in [0.1, 0.15) is 20.7 Å². The zero-order valence-electron chi connectivity index (χ0n) is 21.1. The van der Waals surface area contributed by atoms with E-state index in [2.05, 4.69) is 21.4 Å². The van der Waals surface area contributed by atoms with Crippen molar-refractivity contribution in [2.75, 3.05) is 43.6 Å². The van der Waals surface area contributed by atoms with E-state index in [9.17, 15) is 22.8 Å². The van der Waals surface area contributed by atoms with Crippen LogP contribution in [0.25, 0.3) is 11.3 Å². The van der Waals surface area contributed by atoms with Crippen LogP contribution in [0.2, 0.25) is 0 Å². The van der Waals surface area contributed by atoms with Crippen LogP contribution in [0, 0.1) is 23.7 Å². The molecule has 1 aliphatic carbocycles. The van der Waals surface area contributed by atoms with Crippen molar-refractivity contribution in [1.29, 1.82) is 0 Å². The Hall–Kier alpha value is -4.26. The minimum Gasteiger partial charge on any atom is -0.467 e. The number of anilines is 2. The summed E-state index contributed by atoms with van der Waals surface area (Å²) in [5, 5.41) is 0. The van der Waals surface area contributed by atoms with Gasteiger partial charge in [0.15, 0.2) is 6.61 Å². The molecular formula is C27H25F3N6O4. The first kappa shape index (κ1) is 24.8. The van der Waals surface area contributed by atoms with E-state index in [1.165, 1.54) is 18.5 Å². The molecule has 7 rings (SSSR count). The maximum Gasteiger partial charge on any atom is 0.422 e. The molecule has 2 saturated heterocycles. The molecule has 1 aromatic carbocycles. The van der Waals surface area contributed by atoms with Gasteiger partial charge in [-0.15, -0.1) is 5.53 Å². The van der Waals surface area contributed by atoms with E-state index in [0.29, 0.717) is 55.4 Å². The average molecular weight is 555 g/mol. The average Bonchev–Trinajstić information content (AvgIpc) is 3.74. The number of hydrogen-bond donors (Lipinski definition) is 3. The fraction of sp³-hybridized carbons (Fsp3) is 0.370. The Balaban J connectivity index is 1.03. The summed E-state index contributed by atoms with van der Waals surface area (Å²) < 4.78 is 48.5. The maximum absolute atomic E-state index is 13.4. The van der Waals surface area contributed by atoms with E-state index in [0.717, 1.165) is 11.4 Å². The van der Waals surface area contributed by atoms with Gasteiger partial charge in [-0.1, -0.05) is 0 Å². The van der Waals surface area contributed by atoms with Gasteiger partial charge in [-0.05, 0) is 60.1 Å². The topological polar surface area (TPSA) is 112 Å². The maximum atomic E-state index is 13.4. The number of amides is 2. The highest BCUT2D eigenvalue weighted by Crippen LogP contribution is 2.54. The largest absolute Gasteiger partial charge is 0.467 e. The van der Waals surface area contributed by atoms with Gasteiger partial charge in [-0.2, -0.15) is 13.2 Å². The molecule has 0 bridgehead atoms. The van der Waals surface area contributed by atoms with Gasteiger partial charge in [-0.25, -0.2) is 4.98 Å². The Morgan fingerprint density at radius 2 is 1.57 bits per heavy atom. The summed E-state index contributed by atoms with van der Waals surface area (Å²) in [7, 11) is 0. The second-order valence-electron chi connectivity index (χ2n) is 10.7. The van der Waals surface area contributed by atoms with Crippen LogP contribution in [0.5, 0.6) is 5.88 Å². The predicted molar refractivity (Wildman–Crippen MR) is 136 cm³/mol. The lowest BCUT2D eigenvalue weighted by atomic mass is 9.60. The zero-order valence-corrected chi connectivity index (χ0v) is 21.1. The molecule has 3 aromatic rings. The molecule has 0 unspecified atom stereocenters. The highest BCUT2D eigenvalue weighted by atomic mass is 19.4. The summed E-state index contributed by atoms with van der Waals surface area (Å²) in [6, 6.07) is 10.1. The zero-order chi connectivity index (χ0) is 27.6. The minimum atomic E-state index is -4.53. The van der Waals surface area contributed by atoms with Crippen molar-refractivity contribution < 1.29 is 31.9 Å². The number of nitrogens with one attached hydrogen (secondary N) is 3. The number of pyridine rings is 1. The lowest BCUT2D eigenvalue weighted by Gasteiger charge is -2.42. The molecule has 13 heteroatoms. The number of carbonyl (C=O) groups is 2. The molecule has 0 spiro atoms. The quantitative estimate of drug-likeness (QED) is 0.439. The first-order valence-electron chi connectivity index (χ1n) is 13.0. The number of halogens is 3. The van der Waals surface area contributed by atoms with Crippen molar-refractivity contribution in [2.24, 2.45) is 23.7 Å². The van der Waals surface area contributed by atoms with Crippen LogP contribution in [0.3, 0.4) is 0 Å². The molecule has 3 aliphatic heterocycles. The molecule has 5 heterocycles. The summed E-state index contributed by atoms with van der Waals surface area (Å²) >= 11 is 0. The number of furan rings is 1. The van der Waals surface area contributed by atoms with Gasteiger partial charge in [0.25, 0.3) is 11.8 Å². The van der Waals surface area contributed by atoms with Gasteiger partial charge in [0.1, 0.15) is 5.76 Å². The SMILES string of the molecule is O=C(c1ccc2c(c1)NNN2)N1C[C@@H]2[C@H](C1)[C@H]1CN(C(=O)c3cnc(OCC(F)(F)F)c(-c4ccco4)c3)C[C@@H]21. The van der Waals surface area contributed by atoms with Gasteiger partial charge in [-0.3, -0.25) is 9.59 Å². The summed E-state index contributed by atoms with van der Waals surface area (Å²) in [4.78, 5) is 34.4. The molecule has 10 nitrogen and oxygen atoms in total. The monoisotopic (exact) mass is 554 g/mol. The lowest BCUT2D eigenvalue weighted by molar-refractivity contribution is -0.154. The Morgan fingerprint density at radius 3 is 2.20 bits per heavy atom. The molecule has 3 fully saturated rings. The number of ether oxygens (including phenoxy) is 1. The van der Waals surface area contributed by atoms with Crippen molar-refractivity contribution >= 4 is 23.2 Å². The van der Waals surface area contributed by atoms with Gasteiger partial charge in [0, 0.05) is 37.9 Å². The summed E-state index contributed by atoms with van der Waals surface area (Å²) in [6.07, 6.45) is -1.90. The third-order valence-corrected chi connectivity index (χ3v) is 8.42. The normalized spacial score (nSPS) is 24.5. The van der Waals surface area contributed by atoms with Crippen molar-refractivity contribution in [3.63, 3.8) is 0 Å². The molecule has 4 aliphatic rings. The molecule has 40 heavy (non-hydrogen) atoms. The number of hydrazine groups is 2. The molecular weight excluding hydrogens is 529 g/mol. The van der Waals surface area contributed by atoms with Crippen LogP contribution >= 0.6 is 0 Å². The molecule has 1 saturated carbocycles. The Morgan fingerprint density at radius 1 is 0.925 bits per heavy atom. The fourth-order valence-electron chi connectivity index (χ4n) is 6.57. The number of likely N-dealkylation sites (tertiary alicyclic amines) is 2. The van der Waals surface area contributed by atoms with Crippen molar-refractivity contribution in [3.8, 4) is 17.2 Å². The van der Waals surface area contributed by atoms with Crippen LogP contribution in [0.4, 0.5) is 24.5 Å². The van der Waals surface area contributed by atoms with E-state index in [1.54, 1.807) is 17.0 Å². The van der Waals surface area contributed by atoms with Gasteiger partial charge in [0.05, 0.1) is 28.8 Å². The molecule has 2 aromatic heterocycles. The van der Waals surface area contributed by atoms with E-state index < -0.39 is 12.8 Å². The second-order valence-corrected chi connectivity index (χ2v) is 10.7. The first-order chi connectivity index (χ1) is 19.2. The summed E-state index contributed by atoms with van der Waals surface area (Å²) in [6.45, 7) is 0.938. The highest BCUT2D eigenvalue weighted by Gasteiger charge is 2.59. The minimum absolute atomic E-state index is 0.00117. The van der Waals surface area contributed by atoms with Crippen LogP contribution in [-0.2, 0) is 0 Å². The van der Waals surface area contributed by atoms with Crippen molar-refractivity contribution in [3.05, 3.63) is 60.0 Å². The van der Waals surface area contributed by atoms with E-state index in [1.807, 2.05) is 23.1 Å². The van der Waals surface area contributed by atoms with Gasteiger partial charge in [0.2, 0.25) is 5.88 Å². The number of nitrogens with zero attached hydrogens (tertiary/aromatic N) is 3. The van der Waals surface area contributed by atoms with E-state index in [-0.39, 0.29) is 34.6 Å². The lowest BCUT2D eigenvalue weighted by Crippen LogP contribution is -2.44. The molecule has 2 amide bonds. The van der Waals surface area contributed by atoms with Gasteiger partial charge < -0.3 is 29.8 Å². The second kappa shape index (κ2) is 9.15. The summed E-state index contributed by atoms with van der Waals surface area (Å²) in [5.41, 5.74) is 11.5. The fourth-order valence-corrected chi connectivity index (χ4v) is 6.57. The van der Waals surface area contributed by atoms with Crippen LogP contribution < -0.4 is 21.1 Å². The molecule has 208 valence electrons. The number of benzene rings is 1. The van der Waals surface area contributed by atoms with Crippen LogP contribution in [0.15, 0.2) is 53.3 Å². The Labute approximate surface area is 226 Å². The standard InChI is InChI=1S/C27H25F3N6O4/c28-27(29,30)13-40-24-16(23-2-1-5-39-23)6-15(8-31-24)26(38)36-11-19-17-9-35(10-18(17)20(19)12-36)25(37)14-3-4-21-22(7-14)33-34-32-21/h1-8,17-20,32-34H,9-13H2/t17-,18+,19+,20-. The number of aromatic nitrogens is 1. The van der Waals surface area contributed by atoms with E-state index >= 15 is 0 Å².